The lowest BCUT2D eigenvalue weighted by Gasteiger charge is -2.06. The van der Waals surface area contributed by atoms with Crippen LogP contribution in [0.25, 0.3) is 22.0 Å². The maximum atomic E-state index is 12.1. The molecule has 130 valence electrons. The van der Waals surface area contributed by atoms with Crippen LogP contribution in [0.1, 0.15) is 5.56 Å². The number of nitro groups is 1. The molecule has 4 rings (SSSR count). The van der Waals surface area contributed by atoms with Gasteiger partial charge in [0.25, 0.3) is 0 Å². The normalized spacial score (nSPS) is 11.1. The first-order valence-corrected chi connectivity index (χ1v) is 7.79. The van der Waals surface area contributed by atoms with Crippen LogP contribution < -0.4 is 10.9 Å². The Labute approximate surface area is 145 Å². The monoisotopic (exact) mass is 352 g/mol. The molecular formula is C17H12N4O5. The van der Waals surface area contributed by atoms with E-state index >= 15 is 0 Å². The Hall–Kier alpha value is -3.75. The molecule has 26 heavy (non-hydrogen) atoms. The summed E-state index contributed by atoms with van der Waals surface area (Å²) in [6, 6.07) is 12.0. The molecule has 0 aliphatic rings. The third-order valence-corrected chi connectivity index (χ3v) is 4.01. The van der Waals surface area contributed by atoms with Gasteiger partial charge in [-0.2, -0.15) is 0 Å². The number of hydrogen-bond donors (Lipinski definition) is 1. The first-order chi connectivity index (χ1) is 12.6. The van der Waals surface area contributed by atoms with E-state index in [1.54, 1.807) is 18.2 Å². The number of para-hydroxylation sites is 1. The Bertz CT molecular complexity index is 1180. The zero-order chi connectivity index (χ0) is 18.1. The molecule has 0 atom stereocenters. The van der Waals surface area contributed by atoms with Crippen LogP contribution in [-0.2, 0) is 6.42 Å². The van der Waals surface area contributed by atoms with E-state index in [1.165, 1.54) is 12.1 Å². The number of rotatable bonds is 5. The minimum atomic E-state index is -0.545. The van der Waals surface area contributed by atoms with E-state index in [4.69, 9.17) is 4.42 Å². The van der Waals surface area contributed by atoms with Gasteiger partial charge in [-0.1, -0.05) is 18.2 Å². The Morgan fingerprint density at radius 3 is 2.77 bits per heavy atom. The fraction of sp³-hybridized carbons (Fsp3) is 0.118. The maximum absolute atomic E-state index is 12.1. The van der Waals surface area contributed by atoms with Gasteiger partial charge in [0.05, 0.1) is 10.6 Å². The summed E-state index contributed by atoms with van der Waals surface area (Å²) in [5.74, 6) is 0. The smallest absolute Gasteiger partial charge is 0.339 e. The van der Waals surface area contributed by atoms with Crippen LogP contribution >= 0.6 is 0 Å². The third kappa shape index (κ3) is 2.75. The van der Waals surface area contributed by atoms with Gasteiger partial charge in [-0.15, -0.1) is 0 Å². The maximum Gasteiger partial charge on any atom is 0.339 e. The van der Waals surface area contributed by atoms with Gasteiger partial charge in [0, 0.05) is 23.6 Å². The van der Waals surface area contributed by atoms with Gasteiger partial charge in [-0.05, 0) is 34.9 Å². The number of non-ortho nitro benzene ring substituents is 1. The predicted octanol–water partition coefficient (Wildman–Crippen LogP) is 2.89. The van der Waals surface area contributed by atoms with E-state index in [-0.39, 0.29) is 22.3 Å². The number of nitro benzene ring substituents is 1. The van der Waals surface area contributed by atoms with E-state index in [0.29, 0.717) is 29.8 Å². The Balaban J connectivity index is 1.55. The highest BCUT2D eigenvalue weighted by Crippen LogP contribution is 2.28. The van der Waals surface area contributed by atoms with Crippen LogP contribution in [0.3, 0.4) is 0 Å². The highest BCUT2D eigenvalue weighted by atomic mass is 16.6. The molecule has 0 amide bonds. The van der Waals surface area contributed by atoms with Crippen molar-refractivity contribution in [1.82, 2.24) is 10.3 Å². The lowest BCUT2D eigenvalue weighted by molar-refractivity contribution is -0.383. The standard InChI is InChI=1S/C17H12N4O5/c22-17-11(9-10-3-1-2-4-14(10)25-17)7-8-18-12-5-6-13(21(23)24)16-15(12)19-26-20-16/h1-6,9,18H,7-8H2. The molecule has 9 nitrogen and oxygen atoms in total. The fourth-order valence-corrected chi connectivity index (χ4v) is 2.75. The molecule has 0 spiro atoms. The first-order valence-electron chi connectivity index (χ1n) is 7.79. The first kappa shape index (κ1) is 15.8. The van der Waals surface area contributed by atoms with Crippen LogP contribution in [-0.4, -0.2) is 21.8 Å². The quantitative estimate of drug-likeness (QED) is 0.330. The second kappa shape index (κ2) is 6.28. The molecule has 9 heteroatoms. The van der Waals surface area contributed by atoms with Crippen molar-refractivity contribution in [2.75, 3.05) is 11.9 Å². The summed E-state index contributed by atoms with van der Waals surface area (Å²) in [6.45, 7) is 0.406. The van der Waals surface area contributed by atoms with Crippen molar-refractivity contribution < 1.29 is 14.0 Å². The van der Waals surface area contributed by atoms with Crippen LogP contribution in [0, 0.1) is 10.1 Å². The summed E-state index contributed by atoms with van der Waals surface area (Å²) in [5, 5.41) is 22.2. The largest absolute Gasteiger partial charge is 0.423 e. The van der Waals surface area contributed by atoms with Gasteiger partial charge in [-0.3, -0.25) is 10.1 Å². The molecule has 2 heterocycles. The molecule has 1 N–H and O–H groups in total. The molecule has 2 aromatic carbocycles. The Morgan fingerprint density at radius 2 is 1.92 bits per heavy atom. The number of fused-ring (bicyclic) bond motifs is 2. The van der Waals surface area contributed by atoms with Gasteiger partial charge in [0.1, 0.15) is 5.58 Å². The number of benzene rings is 2. The van der Waals surface area contributed by atoms with Gasteiger partial charge in [-0.25, -0.2) is 9.42 Å². The summed E-state index contributed by atoms with van der Waals surface area (Å²) in [4.78, 5) is 22.5. The zero-order valence-corrected chi connectivity index (χ0v) is 13.3. The second-order valence-corrected chi connectivity index (χ2v) is 5.62. The SMILES string of the molecule is O=c1oc2ccccc2cc1CCNc1ccc([N+](=O)[O-])c2nonc12. The number of hydrogen-bond acceptors (Lipinski definition) is 8. The van der Waals surface area contributed by atoms with Crippen molar-refractivity contribution in [2.24, 2.45) is 0 Å². The molecule has 0 aliphatic heterocycles. The number of nitrogens with one attached hydrogen (secondary N) is 1. The van der Waals surface area contributed by atoms with Gasteiger partial charge in [0.2, 0.25) is 5.52 Å². The van der Waals surface area contributed by atoms with Gasteiger partial charge >= 0.3 is 11.3 Å². The van der Waals surface area contributed by atoms with Gasteiger partial charge < -0.3 is 9.73 Å². The van der Waals surface area contributed by atoms with Crippen molar-refractivity contribution in [3.63, 3.8) is 0 Å². The van der Waals surface area contributed by atoms with Crippen molar-refractivity contribution in [3.8, 4) is 0 Å². The Morgan fingerprint density at radius 1 is 1.12 bits per heavy atom. The topological polar surface area (TPSA) is 124 Å². The van der Waals surface area contributed by atoms with Crippen LogP contribution in [0.15, 0.2) is 56.3 Å². The van der Waals surface area contributed by atoms with Crippen LogP contribution in [0.2, 0.25) is 0 Å². The molecule has 0 saturated heterocycles. The number of aromatic nitrogens is 2. The van der Waals surface area contributed by atoms with Crippen molar-refractivity contribution in [1.29, 1.82) is 0 Å². The zero-order valence-electron chi connectivity index (χ0n) is 13.3. The fourth-order valence-electron chi connectivity index (χ4n) is 2.75. The van der Waals surface area contributed by atoms with E-state index in [9.17, 15) is 14.9 Å². The van der Waals surface area contributed by atoms with Crippen molar-refractivity contribution in [2.45, 2.75) is 6.42 Å². The molecule has 0 unspecified atom stereocenters. The average molecular weight is 352 g/mol. The molecule has 2 aromatic heterocycles. The highest BCUT2D eigenvalue weighted by Gasteiger charge is 2.19. The van der Waals surface area contributed by atoms with Gasteiger partial charge in [0.15, 0.2) is 5.52 Å². The van der Waals surface area contributed by atoms with Crippen molar-refractivity contribution >= 4 is 33.4 Å². The molecule has 0 fully saturated rings. The summed E-state index contributed by atoms with van der Waals surface area (Å²) < 4.78 is 9.92. The molecule has 0 aliphatic carbocycles. The minimum absolute atomic E-state index is 0.0743. The number of anilines is 1. The number of nitrogens with zero attached hydrogens (tertiary/aromatic N) is 3. The molecule has 0 radical (unpaired) electrons. The summed E-state index contributed by atoms with van der Waals surface area (Å²) in [7, 11) is 0. The van der Waals surface area contributed by atoms with E-state index in [0.717, 1.165) is 5.39 Å². The summed E-state index contributed by atoms with van der Waals surface area (Å²) in [5.41, 5.74) is 1.39. The highest BCUT2D eigenvalue weighted by molar-refractivity contribution is 5.93. The molecular weight excluding hydrogens is 340 g/mol. The molecule has 0 bridgehead atoms. The molecule has 4 aromatic rings. The lowest BCUT2D eigenvalue weighted by Crippen LogP contribution is -2.13. The average Bonchev–Trinajstić information content (AvgIpc) is 3.12. The predicted molar refractivity (Wildman–Crippen MR) is 93.1 cm³/mol. The second-order valence-electron chi connectivity index (χ2n) is 5.62. The van der Waals surface area contributed by atoms with E-state index in [1.807, 2.05) is 12.1 Å². The Kier molecular flexibility index (Phi) is 3.81. The van der Waals surface area contributed by atoms with Crippen LogP contribution in [0.5, 0.6) is 0 Å². The van der Waals surface area contributed by atoms with Crippen LogP contribution in [0.4, 0.5) is 11.4 Å². The summed E-state index contributed by atoms with van der Waals surface area (Å²) in [6.07, 6.45) is 0.414. The third-order valence-electron chi connectivity index (χ3n) is 4.01. The van der Waals surface area contributed by atoms with E-state index < -0.39 is 4.92 Å². The minimum Gasteiger partial charge on any atom is -0.423 e. The van der Waals surface area contributed by atoms with E-state index in [2.05, 4.69) is 20.3 Å². The van der Waals surface area contributed by atoms with Crippen molar-refractivity contribution in [3.05, 3.63) is 68.6 Å². The summed E-state index contributed by atoms with van der Waals surface area (Å²) >= 11 is 0. The molecule has 0 saturated carbocycles. The lowest BCUT2D eigenvalue weighted by atomic mass is 10.1.